The minimum Gasteiger partial charge on any atom is -0.907 e. The van der Waals surface area contributed by atoms with E-state index in [2.05, 4.69) is 0 Å². The van der Waals surface area contributed by atoms with E-state index < -0.39 is 19.3 Å². The summed E-state index contributed by atoms with van der Waals surface area (Å²) in [6.07, 6.45) is 0. The molecule has 0 aromatic heterocycles. The molecular formula is C14H12BNa3O9. The Morgan fingerprint density at radius 2 is 0.889 bits per heavy atom. The normalized spacial score (nSPS) is 7.81. The third-order valence-electron chi connectivity index (χ3n) is 2.27. The third-order valence-corrected chi connectivity index (χ3v) is 2.27. The van der Waals surface area contributed by atoms with E-state index in [0.717, 1.165) is 0 Å². The van der Waals surface area contributed by atoms with E-state index in [1.165, 1.54) is 24.3 Å². The van der Waals surface area contributed by atoms with Crippen molar-refractivity contribution >= 4 is 19.3 Å². The first-order valence-electron chi connectivity index (χ1n) is 6.16. The van der Waals surface area contributed by atoms with E-state index in [-0.39, 0.29) is 111 Å². The van der Waals surface area contributed by atoms with Gasteiger partial charge in [-0.05, 0) is 24.3 Å². The summed E-state index contributed by atoms with van der Waals surface area (Å²) in [4.78, 5) is 20.5. The SMILES string of the molecule is O=C(O)c1ccccc1O.O=C(O)c1ccccc1O.[Na+].[Na+].[Na+].[O-]B([O-])[O-]. The summed E-state index contributed by atoms with van der Waals surface area (Å²) in [6, 6.07) is 11.6. The molecule has 0 radical (unpaired) electrons. The van der Waals surface area contributed by atoms with Crippen LogP contribution in [0.15, 0.2) is 48.5 Å². The molecule has 0 saturated heterocycles. The number of rotatable bonds is 2. The van der Waals surface area contributed by atoms with E-state index in [4.69, 9.17) is 35.5 Å². The second-order valence-corrected chi connectivity index (χ2v) is 3.93. The van der Waals surface area contributed by atoms with Crippen molar-refractivity contribution in [3.05, 3.63) is 59.7 Å². The molecule has 2 rings (SSSR count). The van der Waals surface area contributed by atoms with Gasteiger partial charge in [0.05, 0.1) is 0 Å². The first kappa shape index (κ1) is 34.4. The van der Waals surface area contributed by atoms with Crippen LogP contribution in [0.5, 0.6) is 11.5 Å². The summed E-state index contributed by atoms with van der Waals surface area (Å²) in [5.41, 5.74) is -0.134. The number of hydrogen-bond acceptors (Lipinski definition) is 7. The summed E-state index contributed by atoms with van der Waals surface area (Å²) in [5.74, 6) is -2.62. The molecule has 0 heterocycles. The molecule has 13 heteroatoms. The van der Waals surface area contributed by atoms with E-state index in [9.17, 15) is 9.59 Å². The van der Waals surface area contributed by atoms with Crippen molar-refractivity contribution < 1.29 is 134 Å². The Morgan fingerprint density at radius 3 is 1.04 bits per heavy atom. The van der Waals surface area contributed by atoms with Crippen molar-refractivity contribution in [2.75, 3.05) is 0 Å². The topological polar surface area (TPSA) is 184 Å². The second kappa shape index (κ2) is 19.3. The fraction of sp³-hybridized carbons (Fsp3) is 0. The van der Waals surface area contributed by atoms with E-state index in [1.807, 2.05) is 0 Å². The zero-order valence-electron chi connectivity index (χ0n) is 15.0. The van der Waals surface area contributed by atoms with Gasteiger partial charge in [-0.3, -0.25) is 7.32 Å². The summed E-state index contributed by atoms with van der Waals surface area (Å²) < 4.78 is 0. The van der Waals surface area contributed by atoms with Crippen LogP contribution in [0.4, 0.5) is 0 Å². The van der Waals surface area contributed by atoms with Crippen LogP contribution in [-0.2, 0) is 0 Å². The molecule has 0 aliphatic rings. The summed E-state index contributed by atoms with van der Waals surface area (Å²) in [7, 11) is -2.92. The summed E-state index contributed by atoms with van der Waals surface area (Å²) in [6.45, 7) is 0. The molecule has 0 saturated carbocycles. The van der Waals surface area contributed by atoms with Crippen LogP contribution in [-0.4, -0.2) is 39.7 Å². The van der Waals surface area contributed by atoms with Gasteiger partial charge in [0.25, 0.3) is 0 Å². The molecule has 0 atom stereocenters. The van der Waals surface area contributed by atoms with Gasteiger partial charge in [-0.1, -0.05) is 24.3 Å². The maximum absolute atomic E-state index is 10.3. The Bertz CT molecular complexity index is 628. The zero-order valence-corrected chi connectivity index (χ0v) is 21.0. The van der Waals surface area contributed by atoms with Gasteiger partial charge in [0.1, 0.15) is 22.6 Å². The predicted octanol–water partition coefficient (Wildman–Crippen LogP) is -10.8. The molecule has 2 aromatic rings. The van der Waals surface area contributed by atoms with E-state index in [0.29, 0.717) is 0 Å². The van der Waals surface area contributed by atoms with Crippen LogP contribution >= 0.6 is 0 Å². The minimum atomic E-state index is -2.92. The molecule has 0 spiro atoms. The van der Waals surface area contributed by atoms with Crippen LogP contribution in [0.1, 0.15) is 20.7 Å². The van der Waals surface area contributed by atoms with Crippen molar-refractivity contribution in [1.82, 2.24) is 0 Å². The average Bonchev–Trinajstić information content (AvgIpc) is 2.47. The van der Waals surface area contributed by atoms with Crippen molar-refractivity contribution in [3.8, 4) is 11.5 Å². The fourth-order valence-corrected chi connectivity index (χ4v) is 1.31. The van der Waals surface area contributed by atoms with Gasteiger partial charge in [-0.2, -0.15) is 0 Å². The number of para-hydroxylation sites is 2. The van der Waals surface area contributed by atoms with E-state index >= 15 is 0 Å². The smallest absolute Gasteiger partial charge is 0.907 e. The average molecular weight is 404 g/mol. The summed E-state index contributed by atoms with van der Waals surface area (Å²) >= 11 is 0. The molecular weight excluding hydrogens is 392 g/mol. The van der Waals surface area contributed by atoms with Gasteiger partial charge in [0.15, 0.2) is 0 Å². The quantitative estimate of drug-likeness (QED) is 0.353. The first-order chi connectivity index (χ1) is 11.2. The van der Waals surface area contributed by atoms with Gasteiger partial charge < -0.3 is 35.5 Å². The number of benzene rings is 2. The monoisotopic (exact) mass is 404 g/mol. The molecule has 0 fully saturated rings. The van der Waals surface area contributed by atoms with Crippen molar-refractivity contribution in [1.29, 1.82) is 0 Å². The molecule has 4 N–H and O–H groups in total. The number of phenols is 2. The third kappa shape index (κ3) is 16.6. The van der Waals surface area contributed by atoms with Gasteiger partial charge in [-0.15, -0.1) is 0 Å². The standard InChI is InChI=1S/2C7H6O3.BO3.3Na/c2*8-6-4-2-1-3-5(6)7(9)10;2-1(3)4;;;/h2*1-4,8H,(H,9,10);;;;/q;;-3;3*+1. The van der Waals surface area contributed by atoms with Crippen LogP contribution < -0.4 is 104 Å². The second-order valence-electron chi connectivity index (χ2n) is 3.93. The number of hydrogen-bond donors (Lipinski definition) is 4. The molecule has 9 nitrogen and oxygen atoms in total. The predicted molar refractivity (Wildman–Crippen MR) is 75.9 cm³/mol. The largest absolute Gasteiger partial charge is 1.00 e. The Kier molecular flexibility index (Phi) is 24.5. The maximum atomic E-state index is 10.3. The van der Waals surface area contributed by atoms with Crippen molar-refractivity contribution in [3.63, 3.8) is 0 Å². The number of carbonyl (C=O) groups is 2. The van der Waals surface area contributed by atoms with Crippen molar-refractivity contribution in [2.45, 2.75) is 0 Å². The molecule has 0 aliphatic heterocycles. The molecule has 0 aliphatic carbocycles. The van der Waals surface area contributed by atoms with Gasteiger partial charge in [0, 0.05) is 0 Å². The molecule has 128 valence electrons. The number of aromatic hydroxyl groups is 2. The van der Waals surface area contributed by atoms with Crippen LogP contribution in [0.3, 0.4) is 0 Å². The summed E-state index contributed by atoms with van der Waals surface area (Å²) in [5, 5.41) is 59.9. The van der Waals surface area contributed by atoms with Crippen molar-refractivity contribution in [2.24, 2.45) is 0 Å². The number of aromatic carboxylic acids is 2. The zero-order chi connectivity index (χ0) is 18.7. The van der Waals surface area contributed by atoms with Crippen LogP contribution in [0.2, 0.25) is 0 Å². The molecule has 2 aromatic carbocycles. The molecule has 0 unspecified atom stereocenters. The van der Waals surface area contributed by atoms with Gasteiger partial charge in [0.2, 0.25) is 0 Å². The molecule has 27 heavy (non-hydrogen) atoms. The van der Waals surface area contributed by atoms with Crippen LogP contribution in [0, 0.1) is 0 Å². The van der Waals surface area contributed by atoms with Crippen LogP contribution in [0.25, 0.3) is 0 Å². The fourth-order valence-electron chi connectivity index (χ4n) is 1.31. The minimum absolute atomic E-state index is 0. The first-order valence-corrected chi connectivity index (χ1v) is 6.16. The van der Waals surface area contributed by atoms with Gasteiger partial charge in [-0.25, -0.2) is 9.59 Å². The Hall–Kier alpha value is -0.0751. The Morgan fingerprint density at radius 1 is 0.667 bits per heavy atom. The number of carboxylic acid groups (broad SMARTS) is 2. The Labute approximate surface area is 221 Å². The molecule has 0 amide bonds. The van der Waals surface area contributed by atoms with E-state index in [1.54, 1.807) is 24.3 Å². The Balaban J connectivity index is -0.000000150. The van der Waals surface area contributed by atoms with Gasteiger partial charge >= 0.3 is 101 Å². The molecule has 0 bridgehead atoms. The maximum Gasteiger partial charge on any atom is 1.00 e. The number of carboxylic acids is 2.